The summed E-state index contributed by atoms with van der Waals surface area (Å²) in [5.41, 5.74) is 2.24. The van der Waals surface area contributed by atoms with E-state index in [1.165, 1.54) is 29.7 Å². The van der Waals surface area contributed by atoms with Gasteiger partial charge in [0.2, 0.25) is 15.9 Å². The lowest BCUT2D eigenvalue weighted by molar-refractivity contribution is -0.125. The summed E-state index contributed by atoms with van der Waals surface area (Å²) in [6, 6.07) is 15.6. The van der Waals surface area contributed by atoms with Crippen LogP contribution in [0.4, 0.5) is 10.1 Å². The predicted octanol–water partition coefficient (Wildman–Crippen LogP) is 5.79. The van der Waals surface area contributed by atoms with E-state index in [0.717, 1.165) is 29.3 Å². The minimum Gasteiger partial charge on any atom is -0.305 e. The van der Waals surface area contributed by atoms with Crippen molar-refractivity contribution < 1.29 is 17.6 Å². The maximum atomic E-state index is 14.3. The van der Waals surface area contributed by atoms with E-state index in [0.29, 0.717) is 23.7 Å². The van der Waals surface area contributed by atoms with E-state index in [1.807, 2.05) is 30.5 Å². The molecule has 39 heavy (non-hydrogen) atoms. The van der Waals surface area contributed by atoms with Crippen molar-refractivity contribution in [1.29, 1.82) is 5.26 Å². The fourth-order valence-corrected chi connectivity index (χ4v) is 7.10. The quantitative estimate of drug-likeness (QED) is 0.361. The molecule has 1 unspecified atom stereocenters. The Bertz CT molecular complexity index is 1500. The number of para-hydroxylation sites is 1. The number of halogens is 2. The highest BCUT2D eigenvalue weighted by atomic mass is 35.5. The highest BCUT2D eigenvalue weighted by Crippen LogP contribution is 2.34. The van der Waals surface area contributed by atoms with Crippen LogP contribution in [0.15, 0.2) is 65.7 Å². The van der Waals surface area contributed by atoms with Gasteiger partial charge in [0.25, 0.3) is 0 Å². The predicted molar refractivity (Wildman–Crippen MR) is 146 cm³/mol. The standard InChI is InChI=1S/C29H28ClFN4O3S/c30-28-22(17-32)15-25(16-26(28)31)39(37,38)35-14-13-27(35)29(36)34(24-9-5-2-6-10-24)19-23-12-11-21(18-33-23)20-7-3-1-4-8-20/h2,5-6,9-12,15-16,18,20,27H,1,3-4,7-8,13-14,19H2. The molecule has 0 radical (unpaired) electrons. The molecule has 1 aliphatic heterocycles. The molecule has 1 amide bonds. The molecule has 1 saturated carbocycles. The Morgan fingerprint density at radius 2 is 1.85 bits per heavy atom. The van der Waals surface area contributed by atoms with Crippen LogP contribution >= 0.6 is 11.6 Å². The third-order valence-corrected chi connectivity index (χ3v) is 9.83. The van der Waals surface area contributed by atoms with Gasteiger partial charge in [-0.1, -0.05) is 55.1 Å². The lowest BCUT2D eigenvalue weighted by atomic mass is 9.85. The average molecular weight is 567 g/mol. The maximum absolute atomic E-state index is 14.3. The summed E-state index contributed by atoms with van der Waals surface area (Å²) in [5.74, 6) is -0.893. The third kappa shape index (κ3) is 5.55. The van der Waals surface area contributed by atoms with Crippen LogP contribution in [0.5, 0.6) is 0 Å². The number of amides is 1. The highest BCUT2D eigenvalue weighted by Gasteiger charge is 2.45. The Labute approximate surface area is 232 Å². The molecule has 0 spiro atoms. The van der Waals surface area contributed by atoms with Crippen LogP contribution < -0.4 is 4.90 Å². The lowest BCUT2D eigenvalue weighted by Gasteiger charge is -2.41. The van der Waals surface area contributed by atoms with Crippen LogP contribution in [0.25, 0.3) is 0 Å². The van der Waals surface area contributed by atoms with E-state index in [4.69, 9.17) is 11.6 Å². The molecule has 10 heteroatoms. The van der Waals surface area contributed by atoms with Crippen molar-refractivity contribution in [3.8, 4) is 6.07 Å². The number of rotatable bonds is 7. The molecule has 2 aliphatic rings. The monoisotopic (exact) mass is 566 g/mol. The summed E-state index contributed by atoms with van der Waals surface area (Å²) >= 11 is 5.79. The Kier molecular flexibility index (Phi) is 7.98. The molecule has 0 N–H and O–H groups in total. The number of hydrogen-bond acceptors (Lipinski definition) is 5. The zero-order chi connectivity index (χ0) is 27.6. The van der Waals surface area contributed by atoms with E-state index in [-0.39, 0.29) is 18.7 Å². The van der Waals surface area contributed by atoms with Gasteiger partial charge in [0, 0.05) is 18.4 Å². The summed E-state index contributed by atoms with van der Waals surface area (Å²) in [7, 11) is -4.25. The van der Waals surface area contributed by atoms with Crippen LogP contribution in [0.2, 0.25) is 5.02 Å². The molecule has 202 valence electrons. The molecule has 2 fully saturated rings. The normalized spacial score (nSPS) is 18.2. The number of aromatic nitrogens is 1. The Balaban J connectivity index is 1.40. The number of carbonyl (C=O) groups excluding carboxylic acids is 1. The molecule has 2 aromatic carbocycles. The number of pyridine rings is 1. The Morgan fingerprint density at radius 1 is 1.10 bits per heavy atom. The van der Waals surface area contributed by atoms with Crippen LogP contribution in [0.1, 0.15) is 61.3 Å². The van der Waals surface area contributed by atoms with Gasteiger partial charge < -0.3 is 4.90 Å². The first kappa shape index (κ1) is 27.3. The van der Waals surface area contributed by atoms with Gasteiger partial charge in [0.05, 0.1) is 27.7 Å². The van der Waals surface area contributed by atoms with E-state index in [1.54, 1.807) is 18.2 Å². The SMILES string of the molecule is N#Cc1cc(S(=O)(=O)N2CCC2C(=O)N(Cc2ccc(C3CCCCC3)cn2)c2ccccc2)cc(F)c1Cl. The summed E-state index contributed by atoms with van der Waals surface area (Å²) in [4.78, 5) is 19.6. The van der Waals surface area contributed by atoms with Crippen LogP contribution in [0.3, 0.4) is 0 Å². The number of nitriles is 1. The number of nitrogens with zero attached hydrogens (tertiary/aromatic N) is 4. The first-order chi connectivity index (χ1) is 18.8. The van der Waals surface area contributed by atoms with Gasteiger partial charge in [-0.2, -0.15) is 9.57 Å². The van der Waals surface area contributed by atoms with Crippen LogP contribution in [0, 0.1) is 17.1 Å². The molecule has 1 saturated heterocycles. The zero-order valence-electron chi connectivity index (χ0n) is 21.3. The third-order valence-electron chi connectivity index (χ3n) is 7.56. The van der Waals surface area contributed by atoms with Crippen molar-refractivity contribution >= 4 is 33.2 Å². The number of anilines is 1. The highest BCUT2D eigenvalue weighted by molar-refractivity contribution is 7.89. The average Bonchev–Trinajstić information content (AvgIpc) is 2.93. The van der Waals surface area contributed by atoms with Crippen molar-refractivity contribution in [3.63, 3.8) is 0 Å². The number of benzene rings is 2. The molecule has 7 nitrogen and oxygen atoms in total. The molecule has 2 heterocycles. The molecular formula is C29H28ClFN4O3S. The lowest BCUT2D eigenvalue weighted by Crippen LogP contribution is -2.59. The van der Waals surface area contributed by atoms with Gasteiger partial charge in [-0.3, -0.25) is 9.78 Å². The fraction of sp³-hybridized carbons (Fsp3) is 0.345. The summed E-state index contributed by atoms with van der Waals surface area (Å²) in [5, 5.41) is 8.80. The van der Waals surface area contributed by atoms with Crippen molar-refractivity contribution in [2.24, 2.45) is 0 Å². The van der Waals surface area contributed by atoms with E-state index in [2.05, 4.69) is 11.1 Å². The molecule has 5 rings (SSSR count). The van der Waals surface area contributed by atoms with Gasteiger partial charge in [0.15, 0.2) is 0 Å². The molecule has 1 atom stereocenters. The summed E-state index contributed by atoms with van der Waals surface area (Å²) in [6.07, 6.45) is 8.26. The van der Waals surface area contributed by atoms with Gasteiger partial charge in [0.1, 0.15) is 17.9 Å². The molecule has 0 bridgehead atoms. The minimum atomic E-state index is -4.25. The van der Waals surface area contributed by atoms with E-state index < -0.39 is 37.7 Å². The van der Waals surface area contributed by atoms with E-state index in [9.17, 15) is 22.9 Å². The topological polar surface area (TPSA) is 94.4 Å². The molecular weight excluding hydrogens is 539 g/mol. The van der Waals surface area contributed by atoms with Crippen molar-refractivity contribution in [3.05, 3.63) is 88.5 Å². The second-order valence-corrected chi connectivity index (χ2v) is 12.2. The second kappa shape index (κ2) is 11.4. The minimum absolute atomic E-state index is 0.0990. The Morgan fingerprint density at radius 3 is 2.46 bits per heavy atom. The van der Waals surface area contributed by atoms with Gasteiger partial charge in [-0.05, 0) is 61.1 Å². The van der Waals surface area contributed by atoms with Crippen molar-refractivity contribution in [2.75, 3.05) is 11.4 Å². The van der Waals surface area contributed by atoms with Crippen molar-refractivity contribution in [1.82, 2.24) is 9.29 Å². The van der Waals surface area contributed by atoms with Gasteiger partial charge in [-0.15, -0.1) is 0 Å². The molecule has 1 aromatic heterocycles. The van der Waals surface area contributed by atoms with Gasteiger partial charge in [-0.25, -0.2) is 12.8 Å². The fourth-order valence-electron chi connectivity index (χ4n) is 5.28. The second-order valence-electron chi connectivity index (χ2n) is 9.98. The summed E-state index contributed by atoms with van der Waals surface area (Å²) < 4.78 is 42.1. The number of sulfonamides is 1. The smallest absolute Gasteiger partial charge is 0.245 e. The van der Waals surface area contributed by atoms with Crippen LogP contribution in [-0.4, -0.2) is 36.2 Å². The number of carbonyl (C=O) groups is 1. The van der Waals surface area contributed by atoms with E-state index >= 15 is 0 Å². The number of hydrogen-bond donors (Lipinski definition) is 0. The van der Waals surface area contributed by atoms with Crippen molar-refractivity contribution in [2.45, 2.75) is 61.9 Å². The van der Waals surface area contributed by atoms with Crippen LogP contribution in [-0.2, 0) is 21.4 Å². The first-order valence-corrected chi connectivity index (χ1v) is 14.8. The largest absolute Gasteiger partial charge is 0.305 e. The summed E-state index contributed by atoms with van der Waals surface area (Å²) in [6.45, 7) is 0.272. The first-order valence-electron chi connectivity index (χ1n) is 13.0. The van der Waals surface area contributed by atoms with Gasteiger partial charge >= 0.3 is 0 Å². The zero-order valence-corrected chi connectivity index (χ0v) is 22.8. The Hall–Kier alpha value is -3.32. The molecule has 1 aliphatic carbocycles. The molecule has 3 aromatic rings. The maximum Gasteiger partial charge on any atom is 0.245 e.